The molecule has 0 radical (unpaired) electrons. The minimum atomic E-state index is -0.409. The third-order valence-corrected chi connectivity index (χ3v) is 3.03. The van der Waals surface area contributed by atoms with E-state index >= 15 is 0 Å². The topological polar surface area (TPSA) is 44.1 Å². The van der Waals surface area contributed by atoms with E-state index in [0.29, 0.717) is 5.69 Å². The highest BCUT2D eigenvalue weighted by molar-refractivity contribution is 5.87. The molecule has 1 aromatic carbocycles. The van der Waals surface area contributed by atoms with Crippen molar-refractivity contribution in [3.8, 4) is 11.8 Å². The van der Waals surface area contributed by atoms with Crippen LogP contribution in [0.1, 0.15) is 35.9 Å². The van der Waals surface area contributed by atoms with Gasteiger partial charge < -0.3 is 9.30 Å². The fourth-order valence-corrected chi connectivity index (χ4v) is 1.91. The summed E-state index contributed by atoms with van der Waals surface area (Å²) in [7, 11) is 0. The molecule has 20 heavy (non-hydrogen) atoms. The molecule has 0 aliphatic rings. The summed E-state index contributed by atoms with van der Waals surface area (Å²) >= 11 is 0. The number of aromatic nitrogens is 2. The summed E-state index contributed by atoms with van der Waals surface area (Å²) in [4.78, 5) is 16.0. The summed E-state index contributed by atoms with van der Waals surface area (Å²) in [5.74, 6) is 4.97. The molecule has 1 heterocycles. The molecule has 1 aromatic heterocycles. The van der Waals surface area contributed by atoms with Crippen LogP contribution in [0.3, 0.4) is 0 Å². The predicted molar refractivity (Wildman–Crippen MR) is 76.2 cm³/mol. The normalized spacial score (nSPS) is 11.3. The second-order valence-corrected chi connectivity index (χ2v) is 4.28. The number of esters is 1. The number of benzene rings is 1. The Kier molecular flexibility index (Phi) is 4.56. The molecule has 2 aromatic rings. The molecule has 0 unspecified atom stereocenters. The Labute approximate surface area is 118 Å². The monoisotopic (exact) mass is 268 g/mol. The van der Waals surface area contributed by atoms with Crippen molar-refractivity contribution in [3.63, 3.8) is 0 Å². The van der Waals surface area contributed by atoms with E-state index < -0.39 is 5.97 Å². The van der Waals surface area contributed by atoms with Gasteiger partial charge in [-0.25, -0.2) is 9.78 Å². The van der Waals surface area contributed by atoms with Crippen LogP contribution in [0.2, 0.25) is 0 Å². The zero-order valence-electron chi connectivity index (χ0n) is 11.5. The molecule has 4 heteroatoms. The van der Waals surface area contributed by atoms with Gasteiger partial charge in [-0.05, 0) is 19.4 Å². The lowest BCUT2D eigenvalue weighted by molar-refractivity contribution is 0.0543. The van der Waals surface area contributed by atoms with Crippen molar-refractivity contribution in [2.45, 2.75) is 19.9 Å². The van der Waals surface area contributed by atoms with Gasteiger partial charge in [0, 0.05) is 0 Å². The van der Waals surface area contributed by atoms with Crippen LogP contribution in [0.4, 0.5) is 0 Å². The molecular weight excluding hydrogens is 252 g/mol. The molecule has 102 valence electrons. The lowest BCUT2D eigenvalue weighted by atomic mass is 10.1. The largest absolute Gasteiger partial charge is 0.448 e. The van der Waals surface area contributed by atoms with Gasteiger partial charge >= 0.3 is 5.97 Å². The van der Waals surface area contributed by atoms with Crippen LogP contribution in [0, 0.1) is 11.8 Å². The van der Waals surface area contributed by atoms with Crippen molar-refractivity contribution < 1.29 is 9.53 Å². The van der Waals surface area contributed by atoms with Crippen LogP contribution in [0.5, 0.6) is 0 Å². The van der Waals surface area contributed by atoms with Gasteiger partial charge in [-0.3, -0.25) is 0 Å². The number of carbonyl (C=O) groups is 1. The quantitative estimate of drug-likeness (QED) is 0.632. The highest BCUT2D eigenvalue weighted by Crippen LogP contribution is 2.19. The maximum absolute atomic E-state index is 12.0. The van der Waals surface area contributed by atoms with E-state index in [2.05, 4.69) is 16.8 Å². The summed E-state index contributed by atoms with van der Waals surface area (Å²) in [6.45, 7) is 3.81. The zero-order valence-corrected chi connectivity index (χ0v) is 11.5. The molecule has 2 rings (SSSR count). The van der Waals surface area contributed by atoms with Crippen LogP contribution >= 0.6 is 0 Å². The Hall–Kier alpha value is -2.54. The number of rotatable bonds is 4. The molecule has 0 saturated carbocycles. The average Bonchev–Trinajstić information content (AvgIpc) is 2.97. The van der Waals surface area contributed by atoms with Gasteiger partial charge in [-0.1, -0.05) is 36.3 Å². The lowest BCUT2D eigenvalue weighted by Gasteiger charge is -2.16. The SMILES string of the molecule is CC#CCOC(=O)c1cncn1[C@H](C)c1ccccc1. The minimum Gasteiger partial charge on any atom is -0.448 e. The van der Waals surface area contributed by atoms with Crippen LogP contribution in [0.25, 0.3) is 0 Å². The molecule has 0 N–H and O–H groups in total. The summed E-state index contributed by atoms with van der Waals surface area (Å²) in [5, 5.41) is 0. The minimum absolute atomic E-state index is 0.0125. The van der Waals surface area contributed by atoms with E-state index in [0.717, 1.165) is 5.56 Å². The van der Waals surface area contributed by atoms with Crippen molar-refractivity contribution in [1.29, 1.82) is 0 Å². The van der Waals surface area contributed by atoms with Crippen molar-refractivity contribution in [1.82, 2.24) is 9.55 Å². The van der Waals surface area contributed by atoms with Gasteiger partial charge in [0.2, 0.25) is 0 Å². The van der Waals surface area contributed by atoms with Crippen LogP contribution in [0.15, 0.2) is 42.9 Å². The molecule has 0 spiro atoms. The van der Waals surface area contributed by atoms with Gasteiger partial charge in [0.15, 0.2) is 6.61 Å². The molecule has 0 aliphatic heterocycles. The second-order valence-electron chi connectivity index (χ2n) is 4.28. The van der Waals surface area contributed by atoms with E-state index in [1.807, 2.05) is 37.3 Å². The molecule has 0 amide bonds. The van der Waals surface area contributed by atoms with Gasteiger partial charge in [-0.2, -0.15) is 0 Å². The molecular formula is C16H16N2O2. The highest BCUT2D eigenvalue weighted by atomic mass is 16.5. The fraction of sp³-hybridized carbons (Fsp3) is 0.250. The van der Waals surface area contributed by atoms with E-state index in [-0.39, 0.29) is 12.6 Å². The van der Waals surface area contributed by atoms with Crippen molar-refractivity contribution in [2.24, 2.45) is 0 Å². The summed E-state index contributed by atoms with van der Waals surface area (Å²) in [6, 6.07) is 9.95. The first-order valence-electron chi connectivity index (χ1n) is 6.37. The fourth-order valence-electron chi connectivity index (χ4n) is 1.91. The number of carbonyl (C=O) groups excluding carboxylic acids is 1. The first kappa shape index (κ1) is 13.9. The smallest absolute Gasteiger partial charge is 0.357 e. The Morgan fingerprint density at radius 3 is 2.85 bits per heavy atom. The van der Waals surface area contributed by atoms with Crippen LogP contribution in [-0.2, 0) is 4.74 Å². The van der Waals surface area contributed by atoms with Gasteiger partial charge in [0.1, 0.15) is 5.69 Å². The maximum Gasteiger partial charge on any atom is 0.357 e. The average molecular weight is 268 g/mol. The Balaban J connectivity index is 2.19. The first-order valence-corrected chi connectivity index (χ1v) is 6.37. The predicted octanol–water partition coefficient (Wildman–Crippen LogP) is 2.67. The van der Waals surface area contributed by atoms with E-state index in [9.17, 15) is 4.79 Å². The highest BCUT2D eigenvalue weighted by Gasteiger charge is 2.17. The molecule has 4 nitrogen and oxygen atoms in total. The molecule has 0 saturated heterocycles. The Bertz CT molecular complexity index is 635. The van der Waals surface area contributed by atoms with Crippen molar-refractivity contribution in [3.05, 3.63) is 54.1 Å². The maximum atomic E-state index is 12.0. The molecule has 1 atom stereocenters. The number of nitrogens with zero attached hydrogens (tertiary/aromatic N) is 2. The number of imidazole rings is 1. The van der Waals surface area contributed by atoms with E-state index in [1.165, 1.54) is 6.20 Å². The van der Waals surface area contributed by atoms with Gasteiger partial charge in [0.25, 0.3) is 0 Å². The lowest BCUT2D eigenvalue weighted by Crippen LogP contribution is -2.15. The third-order valence-electron chi connectivity index (χ3n) is 3.03. The standard InChI is InChI=1S/C16H16N2O2/c1-3-4-10-20-16(19)15-11-17-12-18(15)13(2)14-8-6-5-7-9-14/h5-9,11-13H,10H2,1-2H3/t13-/m1/s1. The Morgan fingerprint density at radius 2 is 2.15 bits per heavy atom. The van der Waals surface area contributed by atoms with E-state index in [4.69, 9.17) is 4.74 Å². The second kappa shape index (κ2) is 6.58. The van der Waals surface area contributed by atoms with E-state index in [1.54, 1.807) is 17.8 Å². The Morgan fingerprint density at radius 1 is 1.40 bits per heavy atom. The van der Waals surface area contributed by atoms with Crippen LogP contribution < -0.4 is 0 Å². The molecule has 0 fully saturated rings. The summed E-state index contributed by atoms with van der Waals surface area (Å²) in [6.07, 6.45) is 3.15. The van der Waals surface area contributed by atoms with Crippen LogP contribution in [-0.4, -0.2) is 22.1 Å². The first-order chi connectivity index (χ1) is 9.74. The molecule has 0 aliphatic carbocycles. The molecule has 0 bridgehead atoms. The van der Waals surface area contributed by atoms with Crippen molar-refractivity contribution in [2.75, 3.05) is 6.61 Å². The third kappa shape index (κ3) is 3.07. The van der Waals surface area contributed by atoms with Gasteiger partial charge in [-0.15, -0.1) is 5.92 Å². The number of hydrogen-bond acceptors (Lipinski definition) is 3. The van der Waals surface area contributed by atoms with Crippen molar-refractivity contribution >= 4 is 5.97 Å². The zero-order chi connectivity index (χ0) is 14.4. The van der Waals surface area contributed by atoms with Gasteiger partial charge in [0.05, 0.1) is 18.6 Å². The number of ether oxygens (including phenoxy) is 1. The number of hydrogen-bond donors (Lipinski definition) is 0. The summed E-state index contributed by atoms with van der Waals surface area (Å²) in [5.41, 5.74) is 1.53. The summed E-state index contributed by atoms with van der Waals surface area (Å²) < 4.78 is 6.88.